The van der Waals surface area contributed by atoms with Crippen LogP contribution in [0, 0.1) is 5.92 Å². The largest absolute Gasteiger partial charge is 0.370 e. The van der Waals surface area contributed by atoms with E-state index in [-0.39, 0.29) is 5.56 Å². The lowest BCUT2D eigenvalue weighted by molar-refractivity contribution is 0.151. The lowest BCUT2D eigenvalue weighted by Gasteiger charge is -2.09. The van der Waals surface area contributed by atoms with Crippen molar-refractivity contribution in [1.29, 1.82) is 0 Å². The topological polar surface area (TPSA) is 49.8 Å². The van der Waals surface area contributed by atoms with Gasteiger partial charge in [-0.25, -0.2) is 18.7 Å². The van der Waals surface area contributed by atoms with E-state index >= 15 is 0 Å². The summed E-state index contributed by atoms with van der Waals surface area (Å²) < 4.78 is 25.0. The van der Waals surface area contributed by atoms with Gasteiger partial charge >= 0.3 is 0 Å². The smallest absolute Gasteiger partial charge is 0.263 e. The van der Waals surface area contributed by atoms with Gasteiger partial charge in [0.1, 0.15) is 18.0 Å². The number of hydrogen-bond donors (Lipinski definition) is 2. The van der Waals surface area contributed by atoms with Gasteiger partial charge in [0.05, 0.1) is 0 Å². The van der Waals surface area contributed by atoms with E-state index in [1.165, 1.54) is 31.3 Å². The second kappa shape index (κ2) is 6.68. The van der Waals surface area contributed by atoms with Crippen molar-refractivity contribution in [3.05, 3.63) is 47.8 Å². The number of alkyl halides is 2. The van der Waals surface area contributed by atoms with Crippen molar-refractivity contribution in [2.45, 2.75) is 25.8 Å². The molecule has 1 aliphatic rings. The molecular weight excluding hydrogens is 286 g/mol. The third kappa shape index (κ3) is 4.13. The molecular formula is C16H18F2N4. The predicted octanol–water partition coefficient (Wildman–Crippen LogP) is 3.85. The van der Waals surface area contributed by atoms with E-state index in [2.05, 4.69) is 20.6 Å². The monoisotopic (exact) mass is 304 g/mol. The zero-order valence-corrected chi connectivity index (χ0v) is 12.1. The number of nitrogens with zero attached hydrogens (tertiary/aromatic N) is 2. The SMILES string of the molecule is FC(F)c1ccc(CNc2cc(NCC3CC3)ncn2)cc1. The fourth-order valence-corrected chi connectivity index (χ4v) is 2.10. The Balaban J connectivity index is 1.54. The standard InChI is InChI=1S/C16H18F2N4/c17-16(18)13-5-3-12(4-6-13)9-20-15-7-14(21-10-22-15)19-8-11-1-2-11/h3-7,10-11,16H,1-2,8-9H2,(H2,19,20,21,22). The van der Waals surface area contributed by atoms with Gasteiger partial charge in [0.25, 0.3) is 6.43 Å². The molecule has 0 aliphatic heterocycles. The fourth-order valence-electron chi connectivity index (χ4n) is 2.10. The van der Waals surface area contributed by atoms with E-state index in [0.29, 0.717) is 12.4 Å². The molecule has 1 heterocycles. The second-order valence-corrected chi connectivity index (χ2v) is 5.51. The average molecular weight is 304 g/mol. The fraction of sp³-hybridized carbons (Fsp3) is 0.375. The Labute approximate surface area is 128 Å². The normalized spacial score (nSPS) is 14.1. The molecule has 3 rings (SSSR count). The van der Waals surface area contributed by atoms with Crippen LogP contribution >= 0.6 is 0 Å². The van der Waals surface area contributed by atoms with E-state index in [1.54, 1.807) is 12.1 Å². The van der Waals surface area contributed by atoms with E-state index in [4.69, 9.17) is 0 Å². The highest BCUT2D eigenvalue weighted by molar-refractivity contribution is 5.46. The van der Waals surface area contributed by atoms with Crippen molar-refractivity contribution in [2.24, 2.45) is 5.92 Å². The van der Waals surface area contributed by atoms with Crippen LogP contribution in [-0.4, -0.2) is 16.5 Å². The highest BCUT2D eigenvalue weighted by Gasteiger charge is 2.20. The van der Waals surface area contributed by atoms with Gasteiger partial charge in [-0.3, -0.25) is 0 Å². The van der Waals surface area contributed by atoms with E-state index in [1.807, 2.05) is 6.07 Å². The highest BCUT2D eigenvalue weighted by Crippen LogP contribution is 2.28. The average Bonchev–Trinajstić information content (AvgIpc) is 3.36. The molecule has 1 saturated carbocycles. The first-order chi connectivity index (χ1) is 10.7. The minimum Gasteiger partial charge on any atom is -0.370 e. The number of aromatic nitrogens is 2. The van der Waals surface area contributed by atoms with Gasteiger partial charge in [0.15, 0.2) is 0 Å². The van der Waals surface area contributed by atoms with Gasteiger partial charge in [-0.2, -0.15) is 0 Å². The predicted molar refractivity (Wildman–Crippen MR) is 82.0 cm³/mol. The van der Waals surface area contributed by atoms with Crippen molar-refractivity contribution >= 4 is 11.6 Å². The molecule has 0 bridgehead atoms. The summed E-state index contributed by atoms with van der Waals surface area (Å²) in [7, 11) is 0. The molecule has 0 amide bonds. The third-order valence-electron chi connectivity index (χ3n) is 3.64. The Morgan fingerprint density at radius 1 is 1.05 bits per heavy atom. The maximum atomic E-state index is 12.5. The molecule has 0 atom stereocenters. The maximum absolute atomic E-state index is 12.5. The quantitative estimate of drug-likeness (QED) is 0.816. The molecule has 22 heavy (non-hydrogen) atoms. The summed E-state index contributed by atoms with van der Waals surface area (Å²) in [6.45, 7) is 1.48. The zero-order chi connectivity index (χ0) is 15.4. The molecule has 0 radical (unpaired) electrons. The van der Waals surface area contributed by atoms with Gasteiger partial charge in [-0.15, -0.1) is 0 Å². The molecule has 116 valence electrons. The van der Waals surface area contributed by atoms with Crippen molar-refractivity contribution in [2.75, 3.05) is 17.2 Å². The lowest BCUT2D eigenvalue weighted by Crippen LogP contribution is -2.07. The van der Waals surface area contributed by atoms with Crippen molar-refractivity contribution in [3.63, 3.8) is 0 Å². The lowest BCUT2D eigenvalue weighted by atomic mass is 10.1. The third-order valence-corrected chi connectivity index (χ3v) is 3.64. The molecule has 6 heteroatoms. The minimum atomic E-state index is -2.43. The van der Waals surface area contributed by atoms with Crippen LogP contribution in [0.15, 0.2) is 36.7 Å². The van der Waals surface area contributed by atoms with Crippen LogP contribution < -0.4 is 10.6 Å². The summed E-state index contributed by atoms with van der Waals surface area (Å²) in [4.78, 5) is 8.34. The number of hydrogen-bond acceptors (Lipinski definition) is 4. The first kappa shape index (κ1) is 14.7. The van der Waals surface area contributed by atoms with Crippen LogP contribution in [0.25, 0.3) is 0 Å². The van der Waals surface area contributed by atoms with Crippen LogP contribution in [0.3, 0.4) is 0 Å². The van der Waals surface area contributed by atoms with Gasteiger partial charge in [0.2, 0.25) is 0 Å². The Kier molecular flexibility index (Phi) is 4.46. The molecule has 1 aromatic heterocycles. The van der Waals surface area contributed by atoms with E-state index in [9.17, 15) is 8.78 Å². The summed E-state index contributed by atoms with van der Waals surface area (Å²) in [5, 5.41) is 6.47. The number of nitrogens with one attached hydrogen (secondary N) is 2. The van der Waals surface area contributed by atoms with Crippen LogP contribution in [0.1, 0.15) is 30.4 Å². The maximum Gasteiger partial charge on any atom is 0.263 e. The molecule has 1 fully saturated rings. The first-order valence-corrected chi connectivity index (χ1v) is 7.37. The molecule has 2 N–H and O–H groups in total. The molecule has 1 aliphatic carbocycles. The van der Waals surface area contributed by atoms with Crippen molar-refractivity contribution in [1.82, 2.24) is 9.97 Å². The molecule has 4 nitrogen and oxygen atoms in total. The first-order valence-electron chi connectivity index (χ1n) is 7.37. The van der Waals surface area contributed by atoms with Gasteiger partial charge in [-0.1, -0.05) is 24.3 Å². The number of anilines is 2. The number of rotatable bonds is 7. The zero-order valence-electron chi connectivity index (χ0n) is 12.1. The minimum absolute atomic E-state index is 0.0392. The van der Waals surface area contributed by atoms with Gasteiger partial charge in [0, 0.05) is 24.7 Å². The summed E-state index contributed by atoms with van der Waals surface area (Å²) in [5.74, 6) is 2.29. The van der Waals surface area contributed by atoms with E-state index < -0.39 is 6.43 Å². The number of halogens is 2. The highest BCUT2D eigenvalue weighted by atomic mass is 19.3. The summed E-state index contributed by atoms with van der Waals surface area (Å²) >= 11 is 0. The second-order valence-electron chi connectivity index (χ2n) is 5.51. The van der Waals surface area contributed by atoms with Crippen LogP contribution in [-0.2, 0) is 6.54 Å². The summed E-state index contributed by atoms with van der Waals surface area (Å²) in [5.41, 5.74) is 0.966. The number of benzene rings is 1. The van der Waals surface area contributed by atoms with Gasteiger partial charge in [-0.05, 0) is 24.3 Å². The molecule has 0 saturated heterocycles. The molecule has 0 spiro atoms. The van der Waals surface area contributed by atoms with Crippen LogP contribution in [0.4, 0.5) is 20.4 Å². The molecule has 0 unspecified atom stereocenters. The Bertz CT molecular complexity index is 612. The Morgan fingerprint density at radius 3 is 2.36 bits per heavy atom. The van der Waals surface area contributed by atoms with Crippen molar-refractivity contribution < 1.29 is 8.78 Å². The summed E-state index contributed by atoms with van der Waals surface area (Å²) in [6.07, 6.45) is 1.66. The molecule has 2 aromatic rings. The molecule has 1 aromatic carbocycles. The Hall–Kier alpha value is -2.24. The Morgan fingerprint density at radius 2 is 1.73 bits per heavy atom. The van der Waals surface area contributed by atoms with Crippen LogP contribution in [0.2, 0.25) is 0 Å². The van der Waals surface area contributed by atoms with Crippen molar-refractivity contribution in [3.8, 4) is 0 Å². The summed E-state index contributed by atoms with van der Waals surface area (Å²) in [6, 6.07) is 8.15. The van der Waals surface area contributed by atoms with E-state index in [0.717, 1.165) is 23.8 Å². The van der Waals surface area contributed by atoms with Gasteiger partial charge < -0.3 is 10.6 Å². The van der Waals surface area contributed by atoms with Crippen LogP contribution in [0.5, 0.6) is 0 Å².